The van der Waals surface area contributed by atoms with Gasteiger partial charge in [-0.3, -0.25) is 0 Å². The third-order valence-electron chi connectivity index (χ3n) is 4.29. The fourth-order valence-corrected chi connectivity index (χ4v) is 2.85. The second-order valence-corrected chi connectivity index (χ2v) is 8.34. The third kappa shape index (κ3) is 25.2. The number of aromatic nitrogens is 2. The van der Waals surface area contributed by atoms with Gasteiger partial charge in [-0.2, -0.15) is 0 Å². The quantitative estimate of drug-likeness (QED) is 0.158. The first-order valence-corrected chi connectivity index (χ1v) is 11.9. The van der Waals surface area contributed by atoms with Gasteiger partial charge in [0.2, 0.25) is 6.33 Å². The Morgan fingerprint density at radius 2 is 1.14 bits per heavy atom. The van der Waals surface area contributed by atoms with Crippen LogP contribution in [0.4, 0.5) is 21.0 Å². The van der Waals surface area contributed by atoms with E-state index >= 15 is 0 Å². The van der Waals surface area contributed by atoms with Crippen molar-refractivity contribution >= 4 is 8.16 Å². The van der Waals surface area contributed by atoms with E-state index in [0.717, 1.165) is 0 Å². The summed E-state index contributed by atoms with van der Waals surface area (Å²) in [7, 11) is -8.55. The predicted molar refractivity (Wildman–Crippen MR) is 104 cm³/mol. The van der Waals surface area contributed by atoms with E-state index in [9.17, 15) is 21.0 Å². The zero-order valence-electron chi connectivity index (χ0n) is 17.2. The molecule has 170 valence electrons. The molecule has 0 unspecified atom stereocenters. The second-order valence-electron chi connectivity index (χ2n) is 7.06. The van der Waals surface area contributed by atoms with Crippen LogP contribution in [0.15, 0.2) is 18.7 Å². The van der Waals surface area contributed by atoms with E-state index in [1.54, 1.807) is 0 Å². The average Bonchev–Trinajstić information content (AvgIpc) is 2.99. The molecule has 0 atom stereocenters. The zero-order valence-corrected chi connectivity index (χ0v) is 18.1. The molecule has 1 aromatic heterocycles. The molecule has 0 saturated carbocycles. The predicted octanol–water partition coefficient (Wildman–Crippen LogP) is 5.46. The Labute approximate surface area is 166 Å². The van der Waals surface area contributed by atoms with E-state index < -0.39 is 8.16 Å². The maximum absolute atomic E-state index is 9.84. The normalized spacial score (nSPS) is 12.5. The van der Waals surface area contributed by atoms with Gasteiger partial charge < -0.3 is 4.70 Å². The van der Waals surface area contributed by atoms with Crippen LogP contribution in [0.3, 0.4) is 0 Å². The van der Waals surface area contributed by atoms with E-state index in [1.807, 2.05) is 0 Å². The standard InChI is InChI=1S/C19H37N2.F5P.FH/c1-3-5-7-9-11-13-15-20-17-18-21(19-20)16-14-12-10-8-6-4-2;1-6(2,3,4)5;/h17-19H,3-16H2,1-2H3;;1H/q+1;;/p-1. The number of imidazole rings is 1. The van der Waals surface area contributed by atoms with Gasteiger partial charge in [-0.05, 0) is 25.7 Å². The summed E-state index contributed by atoms with van der Waals surface area (Å²) < 4.78 is 53.9. The molecule has 0 saturated heterocycles. The van der Waals surface area contributed by atoms with Gasteiger partial charge in [-0.15, -0.1) is 0 Å². The first-order chi connectivity index (χ1) is 12.6. The number of aryl methyl sites for hydroxylation is 2. The molecule has 0 aliphatic rings. The van der Waals surface area contributed by atoms with Crippen molar-refractivity contribution in [2.24, 2.45) is 0 Å². The fourth-order valence-electron chi connectivity index (χ4n) is 2.85. The van der Waals surface area contributed by atoms with Crippen molar-refractivity contribution in [3.8, 4) is 0 Å². The van der Waals surface area contributed by atoms with E-state index in [2.05, 4.69) is 41.7 Å². The van der Waals surface area contributed by atoms with Gasteiger partial charge in [0.1, 0.15) is 12.4 Å². The van der Waals surface area contributed by atoms with Crippen LogP contribution in [0.2, 0.25) is 0 Å². The Balaban J connectivity index is 0. The molecule has 1 rings (SSSR count). The average molecular weight is 438 g/mol. The van der Waals surface area contributed by atoms with Crippen LogP contribution in [-0.2, 0) is 13.1 Å². The molecular weight excluding hydrogens is 401 g/mol. The number of nitrogens with zero attached hydrogens (tertiary/aromatic N) is 2. The second kappa shape index (κ2) is 16.1. The van der Waals surface area contributed by atoms with Crippen molar-refractivity contribution in [1.82, 2.24) is 4.57 Å². The minimum Gasteiger partial charge on any atom is -1.00 e. The number of rotatable bonds is 14. The summed E-state index contributed by atoms with van der Waals surface area (Å²) in [5, 5.41) is 0. The molecule has 0 amide bonds. The Morgan fingerprint density at radius 3 is 1.64 bits per heavy atom. The monoisotopic (exact) mass is 438 g/mol. The molecule has 1 aromatic rings. The van der Waals surface area contributed by atoms with Gasteiger partial charge in [-0.25, -0.2) is 9.13 Å². The summed E-state index contributed by atoms with van der Waals surface area (Å²) >= 11 is 0. The van der Waals surface area contributed by atoms with Crippen molar-refractivity contribution in [3.63, 3.8) is 0 Å². The maximum Gasteiger partial charge on any atom is -1.00 e. The van der Waals surface area contributed by atoms with E-state index in [1.165, 1.54) is 90.1 Å². The fraction of sp³-hybridized carbons (Fsp3) is 0.842. The van der Waals surface area contributed by atoms with Gasteiger partial charge in [0, 0.05) is 0 Å². The van der Waals surface area contributed by atoms with Crippen molar-refractivity contribution in [2.75, 3.05) is 0 Å². The minimum absolute atomic E-state index is 0. The Bertz CT molecular complexity index is 427. The van der Waals surface area contributed by atoms with Gasteiger partial charge in [0.25, 0.3) is 0 Å². The molecule has 0 radical (unpaired) electrons. The summed E-state index contributed by atoms with van der Waals surface area (Å²) in [6.45, 7) is 6.94. The molecule has 1 heterocycles. The largest absolute Gasteiger partial charge is 1.00 e. The molecular formula is C19H37F6N2P. The van der Waals surface area contributed by atoms with Crippen LogP contribution in [0, 0.1) is 0 Å². The molecule has 0 N–H and O–H groups in total. The first-order valence-electron chi connectivity index (χ1n) is 10.3. The van der Waals surface area contributed by atoms with Gasteiger partial charge in [0.15, 0.2) is 0 Å². The van der Waals surface area contributed by atoms with Gasteiger partial charge >= 0.3 is 29.1 Å². The summed E-state index contributed by atoms with van der Waals surface area (Å²) in [6.07, 6.45) is 23.3. The number of unbranched alkanes of at least 4 members (excludes halogenated alkanes) is 10. The molecule has 28 heavy (non-hydrogen) atoms. The Kier molecular flexibility index (Phi) is 16.9. The number of halogens is 6. The van der Waals surface area contributed by atoms with Crippen molar-refractivity contribution in [3.05, 3.63) is 18.7 Å². The Hall–Kier alpha value is -0.780. The number of hydrogen-bond donors (Lipinski definition) is 0. The molecule has 0 aliphatic heterocycles. The van der Waals surface area contributed by atoms with E-state index in [-0.39, 0.29) is 4.70 Å². The molecule has 0 spiro atoms. The summed E-state index contributed by atoms with van der Waals surface area (Å²) in [6, 6.07) is 0. The summed E-state index contributed by atoms with van der Waals surface area (Å²) in [5.41, 5.74) is 0. The topological polar surface area (TPSA) is 8.81 Å². The van der Waals surface area contributed by atoms with Crippen LogP contribution in [0.25, 0.3) is 0 Å². The van der Waals surface area contributed by atoms with Crippen LogP contribution < -0.4 is 9.27 Å². The maximum atomic E-state index is 9.84. The number of hydrogen-bond acceptors (Lipinski definition) is 0. The SMILES string of the molecule is CCCCCCCCn1cc[n+](CCCCCCCC)c1.FP(F)(F)(F)F.[F-]. The molecule has 9 heteroatoms. The van der Waals surface area contributed by atoms with Gasteiger partial charge in [-0.1, -0.05) is 65.2 Å². The minimum atomic E-state index is -8.55. The first kappa shape index (κ1) is 29.4. The van der Waals surface area contributed by atoms with Crippen molar-refractivity contribution in [1.29, 1.82) is 0 Å². The van der Waals surface area contributed by atoms with Crippen LogP contribution in [-0.4, -0.2) is 4.57 Å². The summed E-state index contributed by atoms with van der Waals surface area (Å²) in [5.74, 6) is 0. The van der Waals surface area contributed by atoms with Crippen LogP contribution >= 0.6 is 8.16 Å². The molecule has 0 fully saturated rings. The van der Waals surface area contributed by atoms with E-state index in [4.69, 9.17) is 0 Å². The van der Waals surface area contributed by atoms with E-state index in [0.29, 0.717) is 0 Å². The molecule has 2 nitrogen and oxygen atoms in total. The third-order valence-corrected chi connectivity index (χ3v) is 4.29. The Morgan fingerprint density at radius 1 is 0.714 bits per heavy atom. The molecule has 0 aliphatic carbocycles. The van der Waals surface area contributed by atoms with Gasteiger partial charge in [0.05, 0.1) is 13.1 Å². The smallest absolute Gasteiger partial charge is 1.00 e. The van der Waals surface area contributed by atoms with Crippen molar-refractivity contribution < 1.29 is 30.3 Å². The zero-order chi connectivity index (χ0) is 20.6. The molecule has 0 aromatic carbocycles. The molecule has 0 bridgehead atoms. The van der Waals surface area contributed by atoms with Crippen LogP contribution in [0.1, 0.15) is 90.9 Å². The van der Waals surface area contributed by atoms with Crippen molar-refractivity contribution in [2.45, 2.75) is 104 Å². The van der Waals surface area contributed by atoms with Crippen LogP contribution in [0.5, 0.6) is 0 Å². The summed E-state index contributed by atoms with van der Waals surface area (Å²) in [4.78, 5) is 0.